The smallest absolute Gasteiger partial charge is 0.168 e. The molecule has 5 rings (SSSR count). The zero-order chi connectivity index (χ0) is 21.5. The number of nitrogens with two attached hydrogens (primary N) is 1. The Morgan fingerprint density at radius 1 is 1.10 bits per heavy atom. The Morgan fingerprint density at radius 3 is 2.65 bits per heavy atom. The zero-order valence-corrected chi connectivity index (χ0v) is 16.4. The van der Waals surface area contributed by atoms with Crippen molar-refractivity contribution in [2.75, 3.05) is 12.3 Å². The predicted octanol–water partition coefficient (Wildman–Crippen LogP) is -0.0682. The normalized spacial score (nSPS) is 23.6. The number of ether oxygens (including phenoxy) is 1. The van der Waals surface area contributed by atoms with Crippen molar-refractivity contribution in [3.8, 4) is 11.4 Å². The summed E-state index contributed by atoms with van der Waals surface area (Å²) in [7, 11) is 0. The lowest BCUT2D eigenvalue weighted by molar-refractivity contribution is -0.0511. The molecule has 1 fully saturated rings. The number of aromatic nitrogens is 6. The van der Waals surface area contributed by atoms with Crippen LogP contribution >= 0.6 is 0 Å². The third-order valence-electron chi connectivity index (χ3n) is 5.32. The Labute approximate surface area is 176 Å². The van der Waals surface area contributed by atoms with Gasteiger partial charge in [-0.25, -0.2) is 15.0 Å². The first kappa shape index (κ1) is 19.6. The van der Waals surface area contributed by atoms with Gasteiger partial charge in [-0.05, 0) is 5.56 Å². The average Bonchev–Trinajstić information content (AvgIpc) is 3.48. The molecule has 1 saturated heterocycles. The Kier molecular flexibility index (Phi) is 4.87. The van der Waals surface area contributed by atoms with E-state index in [0.29, 0.717) is 29.1 Å². The lowest BCUT2D eigenvalue weighted by Gasteiger charge is -2.16. The van der Waals surface area contributed by atoms with Crippen LogP contribution in [0.4, 0.5) is 5.82 Å². The van der Waals surface area contributed by atoms with Crippen LogP contribution in [0.3, 0.4) is 0 Å². The van der Waals surface area contributed by atoms with Gasteiger partial charge in [0.1, 0.15) is 23.8 Å². The summed E-state index contributed by atoms with van der Waals surface area (Å²) >= 11 is 0. The highest BCUT2D eigenvalue weighted by atomic mass is 16.6. The third-order valence-corrected chi connectivity index (χ3v) is 5.32. The van der Waals surface area contributed by atoms with E-state index in [-0.39, 0.29) is 5.82 Å². The summed E-state index contributed by atoms with van der Waals surface area (Å²) in [6.45, 7) is 0.170. The highest BCUT2D eigenvalue weighted by Gasteiger charge is 2.44. The van der Waals surface area contributed by atoms with Crippen LogP contribution < -0.4 is 5.73 Å². The SMILES string of the molecule is Nc1nc(-c2cnn(Cc3ccccc3)c2)nc2c1ncn2C1OC(CO)[C@@H](O)C1O. The Hall–Kier alpha value is -3.38. The van der Waals surface area contributed by atoms with Crippen LogP contribution in [0.25, 0.3) is 22.6 Å². The highest BCUT2D eigenvalue weighted by molar-refractivity contribution is 5.83. The molecule has 1 aliphatic rings. The molecule has 4 heterocycles. The van der Waals surface area contributed by atoms with Crippen LogP contribution in [-0.2, 0) is 11.3 Å². The number of rotatable bonds is 5. The quantitative estimate of drug-likeness (QED) is 0.345. The van der Waals surface area contributed by atoms with E-state index >= 15 is 0 Å². The van der Waals surface area contributed by atoms with E-state index < -0.39 is 31.1 Å². The lowest BCUT2D eigenvalue weighted by atomic mass is 10.1. The number of hydrogen-bond acceptors (Lipinski definition) is 9. The van der Waals surface area contributed by atoms with Crippen molar-refractivity contribution in [3.05, 3.63) is 54.6 Å². The van der Waals surface area contributed by atoms with E-state index in [0.717, 1.165) is 5.56 Å². The number of anilines is 1. The second kappa shape index (κ2) is 7.71. The van der Waals surface area contributed by atoms with Crippen molar-refractivity contribution >= 4 is 17.0 Å². The Bertz CT molecular complexity index is 1210. The molecule has 4 aromatic rings. The first-order valence-corrected chi connectivity index (χ1v) is 9.74. The fraction of sp³-hybridized carbons (Fsp3) is 0.300. The van der Waals surface area contributed by atoms with E-state index in [9.17, 15) is 15.3 Å². The molecular weight excluding hydrogens is 402 g/mol. The second-order valence-electron chi connectivity index (χ2n) is 7.40. The Morgan fingerprint density at radius 2 is 1.90 bits per heavy atom. The Balaban J connectivity index is 1.49. The summed E-state index contributed by atoms with van der Waals surface area (Å²) in [6.07, 6.45) is 0.508. The van der Waals surface area contributed by atoms with Crippen LogP contribution in [-0.4, -0.2) is 69.5 Å². The standard InChI is InChI=1S/C20H21N7O4/c21-17-14-19(27(10-22-14)20-16(30)15(29)13(9-28)31-20)25-18(24-17)12-6-23-26(8-12)7-11-4-2-1-3-5-11/h1-6,8,10,13,15-16,20,28-30H,7,9H2,(H2,21,24,25)/t13?,15-,16?,20?/m1/s1. The topological polar surface area (TPSA) is 157 Å². The van der Waals surface area contributed by atoms with Gasteiger partial charge in [-0.2, -0.15) is 5.10 Å². The zero-order valence-electron chi connectivity index (χ0n) is 16.4. The number of fused-ring (bicyclic) bond motifs is 1. The van der Waals surface area contributed by atoms with E-state index in [2.05, 4.69) is 20.1 Å². The number of aliphatic hydroxyl groups is 3. The van der Waals surface area contributed by atoms with Gasteiger partial charge in [0.2, 0.25) is 0 Å². The fourth-order valence-electron chi connectivity index (χ4n) is 3.70. The lowest BCUT2D eigenvalue weighted by Crippen LogP contribution is -2.33. The van der Waals surface area contributed by atoms with Gasteiger partial charge >= 0.3 is 0 Å². The number of aliphatic hydroxyl groups excluding tert-OH is 3. The number of nitrogens with zero attached hydrogens (tertiary/aromatic N) is 6. The summed E-state index contributed by atoms with van der Waals surface area (Å²) in [5, 5.41) is 34.2. The molecule has 0 saturated carbocycles. The summed E-state index contributed by atoms with van der Waals surface area (Å²) in [5.74, 6) is 0.513. The number of hydrogen-bond donors (Lipinski definition) is 4. The molecular formula is C20H21N7O4. The highest BCUT2D eigenvalue weighted by Crippen LogP contribution is 2.32. The fourth-order valence-corrected chi connectivity index (χ4v) is 3.70. The molecule has 0 bridgehead atoms. The minimum absolute atomic E-state index is 0.168. The minimum atomic E-state index is -1.26. The van der Waals surface area contributed by atoms with Crippen molar-refractivity contribution in [2.24, 2.45) is 0 Å². The van der Waals surface area contributed by atoms with Gasteiger partial charge in [-0.1, -0.05) is 30.3 Å². The molecule has 0 aliphatic carbocycles. The third kappa shape index (κ3) is 3.43. The molecule has 1 aromatic carbocycles. The maximum atomic E-state index is 10.4. The van der Waals surface area contributed by atoms with Gasteiger partial charge in [0, 0.05) is 6.20 Å². The molecule has 3 unspecified atom stereocenters. The molecule has 5 N–H and O–H groups in total. The van der Waals surface area contributed by atoms with Crippen LogP contribution in [0.1, 0.15) is 11.8 Å². The van der Waals surface area contributed by atoms with Crippen molar-refractivity contribution in [3.63, 3.8) is 0 Å². The van der Waals surface area contributed by atoms with Gasteiger partial charge < -0.3 is 25.8 Å². The van der Waals surface area contributed by atoms with E-state index in [1.54, 1.807) is 10.9 Å². The molecule has 11 heteroatoms. The summed E-state index contributed by atoms with van der Waals surface area (Å²) in [4.78, 5) is 13.1. The van der Waals surface area contributed by atoms with Crippen LogP contribution in [0, 0.1) is 0 Å². The maximum Gasteiger partial charge on any atom is 0.168 e. The van der Waals surface area contributed by atoms with E-state index in [1.165, 1.54) is 10.9 Å². The van der Waals surface area contributed by atoms with Gasteiger partial charge in [-0.3, -0.25) is 9.25 Å². The van der Waals surface area contributed by atoms with E-state index in [4.69, 9.17) is 10.5 Å². The van der Waals surface area contributed by atoms with Gasteiger partial charge in [0.25, 0.3) is 0 Å². The predicted molar refractivity (Wildman–Crippen MR) is 110 cm³/mol. The summed E-state index contributed by atoms with van der Waals surface area (Å²) < 4.78 is 8.86. The van der Waals surface area contributed by atoms with Crippen LogP contribution in [0.15, 0.2) is 49.1 Å². The van der Waals surface area contributed by atoms with Crippen LogP contribution in [0.2, 0.25) is 0 Å². The minimum Gasteiger partial charge on any atom is -0.394 e. The van der Waals surface area contributed by atoms with Crippen molar-refractivity contribution in [1.29, 1.82) is 0 Å². The monoisotopic (exact) mass is 423 g/mol. The van der Waals surface area contributed by atoms with Gasteiger partial charge in [-0.15, -0.1) is 0 Å². The molecule has 3 aromatic heterocycles. The molecule has 160 valence electrons. The maximum absolute atomic E-state index is 10.4. The molecule has 11 nitrogen and oxygen atoms in total. The largest absolute Gasteiger partial charge is 0.394 e. The van der Waals surface area contributed by atoms with Gasteiger partial charge in [0.05, 0.1) is 31.2 Å². The average molecular weight is 423 g/mol. The molecule has 0 amide bonds. The summed E-state index contributed by atoms with van der Waals surface area (Å²) in [6, 6.07) is 9.93. The molecule has 1 aliphatic heterocycles. The summed E-state index contributed by atoms with van der Waals surface area (Å²) in [5.41, 5.74) is 8.56. The molecule has 0 radical (unpaired) electrons. The number of nitrogen functional groups attached to an aromatic ring is 1. The molecule has 4 atom stereocenters. The van der Waals surface area contributed by atoms with E-state index in [1.807, 2.05) is 36.5 Å². The van der Waals surface area contributed by atoms with Crippen molar-refractivity contribution in [2.45, 2.75) is 31.1 Å². The number of imidazole rings is 1. The van der Waals surface area contributed by atoms with Crippen LogP contribution in [0.5, 0.6) is 0 Å². The van der Waals surface area contributed by atoms with Gasteiger partial charge in [0.15, 0.2) is 23.5 Å². The van der Waals surface area contributed by atoms with Crippen molar-refractivity contribution in [1.82, 2.24) is 29.3 Å². The molecule has 0 spiro atoms. The first-order valence-electron chi connectivity index (χ1n) is 9.74. The van der Waals surface area contributed by atoms with Crippen molar-refractivity contribution < 1.29 is 20.1 Å². The molecule has 31 heavy (non-hydrogen) atoms. The number of benzene rings is 1. The second-order valence-corrected chi connectivity index (χ2v) is 7.40. The first-order chi connectivity index (χ1) is 15.0.